The molecule has 0 bridgehead atoms. The molecule has 3 nitrogen and oxygen atoms in total. The number of rotatable bonds is 5. The molecular formula is C47H106N2O. The summed E-state index contributed by atoms with van der Waals surface area (Å²) in [4.78, 5) is 0. The van der Waals surface area contributed by atoms with Gasteiger partial charge in [0.1, 0.15) is 0 Å². The summed E-state index contributed by atoms with van der Waals surface area (Å²) in [7, 11) is 0. The van der Waals surface area contributed by atoms with E-state index in [1.165, 1.54) is 103 Å². The third kappa shape index (κ3) is 34.9. The topological polar surface area (TPSA) is 33.3 Å². The molecule has 5 aliphatic rings. The van der Waals surface area contributed by atoms with Crippen LogP contribution in [0.15, 0.2) is 0 Å². The molecule has 0 aromatic carbocycles. The van der Waals surface area contributed by atoms with Crippen molar-refractivity contribution in [1.82, 2.24) is 10.6 Å². The lowest BCUT2D eigenvalue weighted by molar-refractivity contribution is 0.0758. The van der Waals surface area contributed by atoms with Crippen molar-refractivity contribution >= 4 is 0 Å². The zero-order chi connectivity index (χ0) is 39.9. The molecule has 0 aromatic rings. The molecule has 5 fully saturated rings. The second-order valence-corrected chi connectivity index (χ2v) is 15.3. The third-order valence-electron chi connectivity index (χ3n) is 10.3. The zero-order valence-corrected chi connectivity index (χ0v) is 39.2. The molecule has 0 radical (unpaired) electrons. The van der Waals surface area contributed by atoms with Gasteiger partial charge < -0.3 is 15.4 Å². The van der Waals surface area contributed by atoms with Crippen molar-refractivity contribution in [1.29, 1.82) is 0 Å². The molecule has 2 saturated carbocycles. The fraction of sp³-hybridized carbons (Fsp3) is 1.00. The van der Waals surface area contributed by atoms with Crippen LogP contribution in [0.25, 0.3) is 0 Å². The molecule has 3 unspecified atom stereocenters. The summed E-state index contributed by atoms with van der Waals surface area (Å²) in [6.07, 6.45) is 19.2. The quantitative estimate of drug-likeness (QED) is 0.297. The van der Waals surface area contributed by atoms with Crippen LogP contribution in [0.2, 0.25) is 0 Å². The lowest BCUT2D eigenvalue weighted by atomic mass is 9.95. The lowest BCUT2D eigenvalue weighted by Gasteiger charge is -2.12. The minimum absolute atomic E-state index is 0.565. The fourth-order valence-electron chi connectivity index (χ4n) is 6.90. The van der Waals surface area contributed by atoms with Crippen molar-refractivity contribution in [2.24, 2.45) is 47.3 Å². The molecule has 50 heavy (non-hydrogen) atoms. The predicted octanol–water partition coefficient (Wildman–Crippen LogP) is 15.3. The molecule has 5 rings (SSSR count). The number of hydrogen-bond donors (Lipinski definition) is 2. The van der Waals surface area contributed by atoms with Gasteiger partial charge >= 0.3 is 0 Å². The predicted molar refractivity (Wildman–Crippen MR) is 236 cm³/mol. The van der Waals surface area contributed by atoms with Crippen LogP contribution in [0.5, 0.6) is 0 Å². The first-order valence-electron chi connectivity index (χ1n) is 23.1. The highest BCUT2D eigenvalue weighted by Gasteiger charge is 2.20. The summed E-state index contributed by atoms with van der Waals surface area (Å²) in [6, 6.07) is 0.815. The largest absolute Gasteiger partial charge is 0.378 e. The van der Waals surface area contributed by atoms with Crippen LogP contribution in [0, 0.1) is 47.3 Å². The number of ether oxygens (including phenoxy) is 1. The van der Waals surface area contributed by atoms with E-state index in [9.17, 15) is 0 Å². The van der Waals surface area contributed by atoms with Crippen molar-refractivity contribution in [3.8, 4) is 0 Å². The van der Waals surface area contributed by atoms with E-state index in [1.54, 1.807) is 0 Å². The van der Waals surface area contributed by atoms with Crippen molar-refractivity contribution < 1.29 is 4.74 Å². The van der Waals surface area contributed by atoms with Gasteiger partial charge in [-0.1, -0.05) is 190 Å². The Bertz CT molecular complexity index is 427. The highest BCUT2D eigenvalue weighted by Crippen LogP contribution is 2.31. The monoisotopic (exact) mass is 715 g/mol. The molecule has 2 N–H and O–H groups in total. The lowest BCUT2D eigenvalue weighted by Crippen LogP contribution is -2.26. The van der Waals surface area contributed by atoms with E-state index < -0.39 is 0 Å². The van der Waals surface area contributed by atoms with Gasteiger partial charge in [-0.15, -0.1) is 0 Å². The maximum absolute atomic E-state index is 5.41. The van der Waals surface area contributed by atoms with Crippen molar-refractivity contribution in [3.05, 3.63) is 0 Å². The van der Waals surface area contributed by atoms with E-state index in [1.807, 2.05) is 69.2 Å². The Labute approximate surface area is 322 Å². The number of hydrogen-bond acceptors (Lipinski definition) is 3. The third-order valence-corrected chi connectivity index (χ3v) is 10.3. The molecule has 310 valence electrons. The fourth-order valence-corrected chi connectivity index (χ4v) is 6.90. The van der Waals surface area contributed by atoms with Crippen LogP contribution in [0.1, 0.15) is 222 Å². The average Bonchev–Trinajstić information content (AvgIpc) is 4.00. The maximum atomic E-state index is 5.41. The van der Waals surface area contributed by atoms with Crippen LogP contribution in [0.3, 0.4) is 0 Å². The summed E-state index contributed by atoms with van der Waals surface area (Å²) in [5, 5.41) is 6.81. The standard InChI is InChI=1S/2C8H16.2C7H15N.C7H14O.5C2H6/c2*1-7(2)8-5-3-4-6-8;1-6(2)7-3-4-8-5-7;2*1-6(2)7-4-3-5-8-7;5*1-2/h2*7-8H,3-6H2,1-2H3;2*6-8H,3-5H2,1-2H3;6-7H,3-5H2,1-2H3;5*1-2H3. The van der Waals surface area contributed by atoms with Crippen LogP contribution >= 0.6 is 0 Å². The molecule has 3 heterocycles. The van der Waals surface area contributed by atoms with Gasteiger partial charge in [0.2, 0.25) is 0 Å². The van der Waals surface area contributed by atoms with Gasteiger partial charge in [-0.3, -0.25) is 0 Å². The van der Waals surface area contributed by atoms with E-state index >= 15 is 0 Å². The summed E-state index contributed by atoms with van der Waals surface area (Å²) < 4.78 is 5.41. The van der Waals surface area contributed by atoms with Gasteiger partial charge in [-0.05, 0) is 99.1 Å². The molecule has 0 spiro atoms. The van der Waals surface area contributed by atoms with E-state index in [2.05, 4.69) is 79.9 Å². The highest BCUT2D eigenvalue weighted by molar-refractivity contribution is 4.76. The summed E-state index contributed by atoms with van der Waals surface area (Å²) in [5.41, 5.74) is 0. The zero-order valence-electron chi connectivity index (χ0n) is 39.2. The second kappa shape index (κ2) is 45.0. The van der Waals surface area contributed by atoms with E-state index in [4.69, 9.17) is 4.74 Å². The van der Waals surface area contributed by atoms with Gasteiger partial charge in [-0.2, -0.15) is 0 Å². The molecular weight excluding hydrogens is 609 g/mol. The Morgan fingerprint density at radius 2 is 0.820 bits per heavy atom. The molecule has 3 heteroatoms. The first kappa shape index (κ1) is 59.2. The van der Waals surface area contributed by atoms with Gasteiger partial charge in [-0.25, -0.2) is 0 Å². The molecule has 2 aliphatic carbocycles. The van der Waals surface area contributed by atoms with Gasteiger partial charge in [0, 0.05) is 12.6 Å². The second-order valence-electron chi connectivity index (χ2n) is 15.3. The normalized spacial score (nSPS) is 22.1. The van der Waals surface area contributed by atoms with Crippen LogP contribution in [0.4, 0.5) is 0 Å². The molecule has 0 amide bonds. The van der Waals surface area contributed by atoms with Crippen LogP contribution < -0.4 is 10.6 Å². The van der Waals surface area contributed by atoms with Crippen LogP contribution in [-0.2, 0) is 4.74 Å². The van der Waals surface area contributed by atoms with Crippen molar-refractivity contribution in [2.45, 2.75) is 234 Å². The van der Waals surface area contributed by atoms with E-state index in [-0.39, 0.29) is 0 Å². The molecule has 0 aromatic heterocycles. The molecule has 3 aliphatic heterocycles. The Morgan fingerprint density at radius 1 is 0.400 bits per heavy atom. The Kier molecular flexibility index (Phi) is 53.3. The average molecular weight is 715 g/mol. The first-order chi connectivity index (χ1) is 24.0. The molecule has 3 saturated heterocycles. The summed E-state index contributed by atoms with van der Waals surface area (Å²) >= 11 is 0. The highest BCUT2D eigenvalue weighted by atomic mass is 16.5. The minimum atomic E-state index is 0.565. The van der Waals surface area contributed by atoms with Gasteiger partial charge in [0.05, 0.1) is 6.10 Å². The van der Waals surface area contributed by atoms with Crippen molar-refractivity contribution in [2.75, 3.05) is 26.2 Å². The smallest absolute Gasteiger partial charge is 0.0598 e. The first-order valence-corrected chi connectivity index (χ1v) is 23.1. The number of nitrogens with one attached hydrogen (secondary N) is 2. The SMILES string of the molecule is CC.CC.CC.CC.CC.CC(C)C1CCCC1.CC(C)C1CCCC1.CC(C)C1CCCN1.CC(C)C1CCCO1.CC(C)C1CCNC1. The van der Waals surface area contributed by atoms with E-state index in [0.29, 0.717) is 6.10 Å². The van der Waals surface area contributed by atoms with E-state index in [0.717, 1.165) is 60.0 Å². The Morgan fingerprint density at radius 3 is 0.980 bits per heavy atom. The maximum Gasteiger partial charge on any atom is 0.0598 e. The van der Waals surface area contributed by atoms with Gasteiger partial charge in [0.25, 0.3) is 0 Å². The van der Waals surface area contributed by atoms with Crippen LogP contribution in [-0.4, -0.2) is 38.4 Å². The van der Waals surface area contributed by atoms with Crippen molar-refractivity contribution in [3.63, 3.8) is 0 Å². The minimum Gasteiger partial charge on any atom is -0.378 e. The van der Waals surface area contributed by atoms with Gasteiger partial charge in [0.15, 0.2) is 0 Å². The Hall–Kier alpha value is -0.120. The summed E-state index contributed by atoms with van der Waals surface area (Å²) in [6.45, 7) is 47.7. The molecule has 3 atom stereocenters. The Balaban J connectivity index is -0.000000158. The summed E-state index contributed by atoms with van der Waals surface area (Å²) in [5.74, 6) is 7.40.